The largest absolute Gasteiger partial charge is 0.367 e. The fourth-order valence-corrected chi connectivity index (χ4v) is 4.75. The molecule has 1 fully saturated rings. The van der Waals surface area contributed by atoms with Crippen molar-refractivity contribution in [2.45, 2.75) is 13.0 Å². The average Bonchev–Trinajstić information content (AvgIpc) is 3.37. The van der Waals surface area contributed by atoms with Crippen molar-refractivity contribution in [3.63, 3.8) is 0 Å². The van der Waals surface area contributed by atoms with E-state index in [1.165, 1.54) is 0 Å². The summed E-state index contributed by atoms with van der Waals surface area (Å²) in [7, 11) is 0. The Balaban J connectivity index is 1.49. The van der Waals surface area contributed by atoms with Crippen LogP contribution in [0.3, 0.4) is 0 Å². The van der Waals surface area contributed by atoms with Crippen LogP contribution in [0.5, 0.6) is 0 Å². The van der Waals surface area contributed by atoms with E-state index < -0.39 is 6.04 Å². The summed E-state index contributed by atoms with van der Waals surface area (Å²) < 4.78 is 2.27. The van der Waals surface area contributed by atoms with Crippen molar-refractivity contribution in [3.05, 3.63) is 51.6 Å². The Hall–Kier alpha value is -2.16. The number of benzene rings is 1. The number of carbonyl (C=O) groups is 1. The highest BCUT2D eigenvalue weighted by molar-refractivity contribution is 7.71. The maximum atomic E-state index is 13.2. The third kappa shape index (κ3) is 3.59. The topological polar surface area (TPSA) is 57.2 Å². The number of aromatic nitrogens is 3. The molecule has 1 aliphatic rings. The fraction of sp³-hybridized carbons (Fsp3) is 0.316. The number of halogens is 1. The Labute approximate surface area is 177 Å². The number of thiophene rings is 1. The molecule has 1 amide bonds. The lowest BCUT2D eigenvalue weighted by Crippen LogP contribution is -2.50. The summed E-state index contributed by atoms with van der Waals surface area (Å²) in [5.41, 5.74) is 1.02. The molecule has 0 radical (unpaired) electrons. The van der Waals surface area contributed by atoms with Gasteiger partial charge in [0.25, 0.3) is 0 Å². The van der Waals surface area contributed by atoms with E-state index in [0.29, 0.717) is 23.7 Å². The molecular weight excluding hydrogens is 414 g/mol. The second-order valence-electron chi connectivity index (χ2n) is 6.64. The molecule has 3 heterocycles. The molecule has 3 aromatic rings. The number of aromatic amines is 1. The van der Waals surface area contributed by atoms with E-state index in [9.17, 15) is 4.79 Å². The van der Waals surface area contributed by atoms with Gasteiger partial charge in [0.1, 0.15) is 6.04 Å². The van der Waals surface area contributed by atoms with Gasteiger partial charge in [-0.2, -0.15) is 5.10 Å². The van der Waals surface area contributed by atoms with Crippen molar-refractivity contribution in [2.24, 2.45) is 0 Å². The van der Waals surface area contributed by atoms with Crippen LogP contribution < -0.4 is 4.90 Å². The van der Waals surface area contributed by atoms with Gasteiger partial charge >= 0.3 is 0 Å². The summed E-state index contributed by atoms with van der Waals surface area (Å²) in [4.78, 5) is 18.3. The lowest BCUT2D eigenvalue weighted by molar-refractivity contribution is -0.134. The van der Waals surface area contributed by atoms with E-state index in [1.54, 1.807) is 11.3 Å². The first-order valence-electron chi connectivity index (χ1n) is 9.05. The Morgan fingerprint density at radius 2 is 1.96 bits per heavy atom. The van der Waals surface area contributed by atoms with Crippen molar-refractivity contribution in [3.8, 4) is 10.7 Å². The lowest BCUT2D eigenvalue weighted by atomic mass is 10.2. The molecule has 0 aliphatic carbocycles. The third-order valence-corrected chi connectivity index (χ3v) is 6.45. The van der Waals surface area contributed by atoms with Gasteiger partial charge in [-0.3, -0.25) is 14.5 Å². The van der Waals surface area contributed by atoms with Crippen LogP contribution in [0, 0.1) is 4.77 Å². The highest BCUT2D eigenvalue weighted by Gasteiger charge is 2.28. The Kier molecular flexibility index (Phi) is 5.52. The van der Waals surface area contributed by atoms with Crippen molar-refractivity contribution in [1.29, 1.82) is 0 Å². The maximum Gasteiger partial charge on any atom is 0.245 e. The van der Waals surface area contributed by atoms with Crippen molar-refractivity contribution in [2.75, 3.05) is 31.1 Å². The molecule has 1 unspecified atom stereocenters. The van der Waals surface area contributed by atoms with Crippen LogP contribution in [0.15, 0.2) is 41.8 Å². The second kappa shape index (κ2) is 8.06. The number of para-hydroxylation sites is 1. The average molecular weight is 434 g/mol. The first kappa shape index (κ1) is 19.2. The lowest BCUT2D eigenvalue weighted by Gasteiger charge is -2.37. The summed E-state index contributed by atoms with van der Waals surface area (Å²) in [5, 5.41) is 9.88. The third-order valence-electron chi connectivity index (χ3n) is 4.98. The molecule has 1 aromatic carbocycles. The summed E-state index contributed by atoms with van der Waals surface area (Å²) in [6, 6.07) is 11.3. The minimum atomic E-state index is -0.421. The maximum absolute atomic E-state index is 13.2. The number of anilines is 1. The van der Waals surface area contributed by atoms with E-state index in [0.717, 1.165) is 28.7 Å². The van der Waals surface area contributed by atoms with Gasteiger partial charge in [0.15, 0.2) is 10.6 Å². The second-order valence-corrected chi connectivity index (χ2v) is 8.38. The molecule has 1 aliphatic heterocycles. The Morgan fingerprint density at radius 1 is 1.21 bits per heavy atom. The van der Waals surface area contributed by atoms with Crippen LogP contribution in [0.4, 0.5) is 5.69 Å². The van der Waals surface area contributed by atoms with Gasteiger partial charge in [0.2, 0.25) is 5.91 Å². The zero-order valence-corrected chi connectivity index (χ0v) is 17.7. The van der Waals surface area contributed by atoms with Crippen LogP contribution in [-0.4, -0.2) is 51.8 Å². The highest BCUT2D eigenvalue weighted by atomic mass is 35.5. The highest BCUT2D eigenvalue weighted by Crippen LogP contribution is 2.28. The van der Waals surface area contributed by atoms with E-state index in [1.807, 2.05) is 58.2 Å². The number of carbonyl (C=O) groups excluding carboxylic acids is 1. The number of hydrogen-bond donors (Lipinski definition) is 1. The number of H-pyrrole nitrogens is 1. The standard InChI is InChI=1S/C19H20ClN5OS2/c1-13(25-17(21-22-19(25)27)16-7-4-12-28-16)18(26)24-10-8-23(9-11-24)15-6-3-2-5-14(15)20/h2-7,12-13H,8-11H2,1H3,(H,22,27). The molecule has 28 heavy (non-hydrogen) atoms. The molecule has 2 aromatic heterocycles. The molecule has 0 bridgehead atoms. The van der Waals surface area contributed by atoms with E-state index >= 15 is 0 Å². The van der Waals surface area contributed by atoms with E-state index in [2.05, 4.69) is 15.1 Å². The van der Waals surface area contributed by atoms with Gasteiger partial charge in [0.05, 0.1) is 15.6 Å². The molecule has 0 saturated carbocycles. The Morgan fingerprint density at radius 3 is 2.64 bits per heavy atom. The zero-order chi connectivity index (χ0) is 19.7. The molecule has 4 rings (SSSR count). The van der Waals surface area contributed by atoms with Crippen LogP contribution in [-0.2, 0) is 4.79 Å². The van der Waals surface area contributed by atoms with Gasteiger partial charge < -0.3 is 9.80 Å². The van der Waals surface area contributed by atoms with Gasteiger partial charge in [-0.05, 0) is 42.7 Å². The van der Waals surface area contributed by atoms with Gasteiger partial charge in [-0.15, -0.1) is 11.3 Å². The number of hydrogen-bond acceptors (Lipinski definition) is 5. The number of nitrogens with one attached hydrogen (secondary N) is 1. The first-order valence-corrected chi connectivity index (χ1v) is 10.7. The fourth-order valence-electron chi connectivity index (χ4n) is 3.49. The Bertz CT molecular complexity index is 1020. The van der Waals surface area contributed by atoms with Crippen molar-refractivity contribution in [1.82, 2.24) is 19.7 Å². The van der Waals surface area contributed by atoms with Crippen molar-refractivity contribution >= 4 is 46.8 Å². The predicted octanol–water partition coefficient (Wildman–Crippen LogP) is 4.23. The zero-order valence-electron chi connectivity index (χ0n) is 15.3. The molecule has 146 valence electrons. The molecule has 1 N–H and O–H groups in total. The first-order chi connectivity index (χ1) is 13.6. The van der Waals surface area contributed by atoms with Gasteiger partial charge in [-0.25, -0.2) is 0 Å². The predicted molar refractivity (Wildman–Crippen MR) is 116 cm³/mol. The summed E-state index contributed by atoms with van der Waals surface area (Å²) in [5.74, 6) is 0.754. The number of amides is 1. The summed E-state index contributed by atoms with van der Waals surface area (Å²) in [6.07, 6.45) is 0. The molecule has 6 nitrogen and oxygen atoms in total. The van der Waals surface area contributed by atoms with E-state index in [-0.39, 0.29) is 5.91 Å². The molecular formula is C19H20ClN5OS2. The quantitative estimate of drug-likeness (QED) is 0.625. The van der Waals surface area contributed by atoms with Crippen LogP contribution >= 0.6 is 35.2 Å². The van der Waals surface area contributed by atoms with Crippen LogP contribution in [0.1, 0.15) is 13.0 Å². The normalized spacial score (nSPS) is 15.6. The van der Waals surface area contributed by atoms with Gasteiger partial charge in [-0.1, -0.05) is 29.8 Å². The molecule has 0 spiro atoms. The minimum absolute atomic E-state index is 0.0501. The van der Waals surface area contributed by atoms with E-state index in [4.69, 9.17) is 23.8 Å². The van der Waals surface area contributed by atoms with Gasteiger partial charge in [0, 0.05) is 26.2 Å². The SMILES string of the molecule is CC(C(=O)N1CCN(c2ccccc2Cl)CC1)n1c(-c2cccs2)n[nH]c1=S. The smallest absolute Gasteiger partial charge is 0.245 e. The summed E-state index contributed by atoms with van der Waals surface area (Å²) >= 11 is 13.3. The van der Waals surface area contributed by atoms with Crippen LogP contribution in [0.25, 0.3) is 10.7 Å². The summed E-state index contributed by atoms with van der Waals surface area (Å²) in [6.45, 7) is 4.67. The van der Waals surface area contributed by atoms with Crippen LogP contribution in [0.2, 0.25) is 5.02 Å². The molecule has 9 heteroatoms. The monoisotopic (exact) mass is 433 g/mol. The number of piperazine rings is 1. The molecule has 1 saturated heterocycles. The number of nitrogens with zero attached hydrogens (tertiary/aromatic N) is 4. The van der Waals surface area contributed by atoms with Crippen molar-refractivity contribution < 1.29 is 4.79 Å². The number of rotatable bonds is 4. The molecule has 1 atom stereocenters. The minimum Gasteiger partial charge on any atom is -0.367 e.